The second-order valence-electron chi connectivity index (χ2n) is 15.6. The summed E-state index contributed by atoms with van der Waals surface area (Å²) in [5.41, 5.74) is 6.23. The molecule has 0 spiro atoms. The Labute approximate surface area is 352 Å². The maximum atomic E-state index is 16.0. The number of fused-ring (bicyclic) bond motifs is 4. The number of pyridine rings is 2. The number of aromatic nitrogens is 8. The van der Waals surface area contributed by atoms with Gasteiger partial charge in [0.2, 0.25) is 0 Å². The summed E-state index contributed by atoms with van der Waals surface area (Å²) in [4.78, 5) is 45.7. The normalized spacial score (nSPS) is 16.2. The molecular formula is C44H40F2N14O2. The van der Waals surface area contributed by atoms with Crippen molar-refractivity contribution in [2.75, 3.05) is 60.7 Å². The molecule has 1 unspecified atom stereocenters. The van der Waals surface area contributed by atoms with E-state index >= 15 is 8.78 Å². The molecule has 312 valence electrons. The largest absolute Gasteiger partial charge is 0.369 e. The highest BCUT2D eigenvalue weighted by Gasteiger charge is 2.27. The average Bonchev–Trinajstić information content (AvgIpc) is 4.09. The zero-order valence-corrected chi connectivity index (χ0v) is 34.2. The minimum Gasteiger partial charge on any atom is -0.369 e. The molecule has 0 aliphatic carbocycles. The topological polar surface area (TPSA) is 175 Å². The van der Waals surface area contributed by atoms with E-state index in [0.29, 0.717) is 46.4 Å². The minimum atomic E-state index is -0.696. The molecule has 2 aromatic carbocycles. The first-order chi connectivity index (χ1) is 30.1. The second kappa shape index (κ2) is 15.2. The molecule has 18 heteroatoms. The van der Waals surface area contributed by atoms with Gasteiger partial charge in [-0.2, -0.15) is 10.2 Å². The number of hydrogen-bond acceptors (Lipinski definition) is 12. The number of halogens is 2. The maximum Gasteiger partial charge on any atom is 0.257 e. The molecule has 2 aliphatic heterocycles. The molecule has 62 heavy (non-hydrogen) atoms. The van der Waals surface area contributed by atoms with Crippen molar-refractivity contribution in [3.63, 3.8) is 0 Å². The number of anilines is 4. The van der Waals surface area contributed by atoms with E-state index in [2.05, 4.69) is 61.1 Å². The highest BCUT2D eigenvalue weighted by Crippen LogP contribution is 2.35. The SMILES string of the molecule is CN=C1CCN(c2ccc(C(=O)Nc3cc(F)c4nc(C)c(-c5c(C)nc6c(F)cc(NC(=O)c7ccc(N8CCC(NC)C8)c8ccnnc78)cn56)n4c3)c3nnccc23)C1. The summed E-state index contributed by atoms with van der Waals surface area (Å²) in [6.07, 6.45) is 8.14. The summed E-state index contributed by atoms with van der Waals surface area (Å²) in [7, 11) is 3.73. The van der Waals surface area contributed by atoms with Gasteiger partial charge in [0.05, 0.1) is 64.2 Å². The molecule has 16 nitrogen and oxygen atoms in total. The van der Waals surface area contributed by atoms with Crippen molar-refractivity contribution in [2.24, 2.45) is 4.99 Å². The highest BCUT2D eigenvalue weighted by molar-refractivity contribution is 6.15. The Morgan fingerprint density at radius 2 is 1.27 bits per heavy atom. The first-order valence-corrected chi connectivity index (χ1v) is 20.2. The van der Waals surface area contributed by atoms with E-state index < -0.39 is 23.4 Å². The molecule has 0 bridgehead atoms. The van der Waals surface area contributed by atoms with Gasteiger partial charge in [-0.05, 0) is 63.7 Å². The molecule has 0 saturated carbocycles. The molecule has 2 fully saturated rings. The van der Waals surface area contributed by atoms with Gasteiger partial charge in [0.15, 0.2) is 22.9 Å². The van der Waals surface area contributed by atoms with E-state index in [1.807, 2.05) is 31.3 Å². The van der Waals surface area contributed by atoms with Gasteiger partial charge >= 0.3 is 0 Å². The lowest BCUT2D eigenvalue weighted by molar-refractivity contribution is 0.102. The zero-order valence-electron chi connectivity index (χ0n) is 34.2. The van der Waals surface area contributed by atoms with E-state index in [-0.39, 0.29) is 33.8 Å². The number of rotatable bonds is 8. The molecule has 2 saturated heterocycles. The van der Waals surface area contributed by atoms with Crippen LogP contribution in [0.15, 0.2) is 78.3 Å². The third-order valence-electron chi connectivity index (χ3n) is 11.9. The monoisotopic (exact) mass is 834 g/mol. The number of nitrogens with zero attached hydrogens (tertiary/aromatic N) is 11. The van der Waals surface area contributed by atoms with Crippen LogP contribution in [0.4, 0.5) is 31.5 Å². The van der Waals surface area contributed by atoms with Gasteiger partial charge in [0, 0.05) is 91.5 Å². The van der Waals surface area contributed by atoms with Gasteiger partial charge in [0.1, 0.15) is 11.0 Å². The highest BCUT2D eigenvalue weighted by atomic mass is 19.1. The van der Waals surface area contributed by atoms with Crippen molar-refractivity contribution >= 4 is 73.4 Å². The fourth-order valence-corrected chi connectivity index (χ4v) is 8.84. The fraction of sp³-hybridized carbons (Fsp3) is 0.250. The number of aryl methyl sites for hydroxylation is 2. The smallest absolute Gasteiger partial charge is 0.257 e. The predicted molar refractivity (Wildman–Crippen MR) is 234 cm³/mol. The summed E-state index contributed by atoms with van der Waals surface area (Å²) in [6, 6.07) is 13.6. The number of hydrogen-bond donors (Lipinski definition) is 3. The third kappa shape index (κ3) is 6.50. The van der Waals surface area contributed by atoms with Crippen LogP contribution in [0.2, 0.25) is 0 Å². The lowest BCUT2D eigenvalue weighted by atomic mass is 10.1. The number of imidazole rings is 2. The predicted octanol–water partition coefficient (Wildman–Crippen LogP) is 6.01. The number of amides is 2. The number of benzene rings is 2. The first-order valence-electron chi connectivity index (χ1n) is 20.2. The number of carbonyl (C=O) groups is 2. The van der Waals surface area contributed by atoms with Crippen molar-refractivity contribution in [3.05, 3.63) is 107 Å². The van der Waals surface area contributed by atoms with Crippen LogP contribution in [0.5, 0.6) is 0 Å². The van der Waals surface area contributed by atoms with Crippen LogP contribution in [0.1, 0.15) is 44.9 Å². The molecule has 3 N–H and O–H groups in total. The number of carbonyl (C=O) groups excluding carboxylic acids is 2. The van der Waals surface area contributed by atoms with Crippen LogP contribution in [0.3, 0.4) is 0 Å². The standard InChI is InChI=1S/C44H40F2N14O2/c1-23-39(59-21-27(17-33(45)41(59)51-23)53-43(61)31-5-7-35(29-9-13-49-55-37(29)31)57-15-11-25(19-57)47-3)40-24(2)52-42-34(46)18-28(22-60(40)42)54-44(62)32-6-8-36(30-10-14-50-56-38(30)32)58-16-12-26(20-58)48-4/h5-10,13-14,17-18,21-22,25,47H,11-12,15-16,19-20H2,1-4H3,(H,53,61)(H,54,62). The minimum absolute atomic E-state index is 0.00972. The lowest BCUT2D eigenvalue weighted by Crippen LogP contribution is -2.29. The summed E-state index contributed by atoms with van der Waals surface area (Å²) in [5.74, 6) is -2.41. The quantitative estimate of drug-likeness (QED) is 0.164. The Bertz CT molecular complexity index is 3180. The van der Waals surface area contributed by atoms with E-state index in [0.717, 1.165) is 60.3 Å². The third-order valence-corrected chi connectivity index (χ3v) is 11.9. The van der Waals surface area contributed by atoms with Crippen molar-refractivity contribution < 1.29 is 18.4 Å². The van der Waals surface area contributed by atoms with Crippen molar-refractivity contribution in [1.82, 2.24) is 44.5 Å². The summed E-state index contributed by atoms with van der Waals surface area (Å²) >= 11 is 0. The number of aliphatic imine (C=N–C) groups is 1. The van der Waals surface area contributed by atoms with Crippen LogP contribution in [-0.4, -0.2) is 103 Å². The first kappa shape index (κ1) is 38.7. The summed E-state index contributed by atoms with van der Waals surface area (Å²) in [6.45, 7) is 6.55. The van der Waals surface area contributed by atoms with Gasteiger partial charge < -0.3 is 25.8 Å². The van der Waals surface area contributed by atoms with Crippen LogP contribution in [0.25, 0.3) is 44.5 Å². The van der Waals surface area contributed by atoms with Crippen LogP contribution in [0, 0.1) is 25.5 Å². The molecule has 2 amide bonds. The van der Waals surface area contributed by atoms with Gasteiger partial charge in [-0.3, -0.25) is 23.4 Å². The molecule has 0 radical (unpaired) electrons. The van der Waals surface area contributed by atoms with E-state index in [1.54, 1.807) is 57.8 Å². The van der Waals surface area contributed by atoms with Gasteiger partial charge in [-0.25, -0.2) is 18.7 Å². The molecule has 2 aliphatic rings. The van der Waals surface area contributed by atoms with Crippen LogP contribution < -0.4 is 25.8 Å². The van der Waals surface area contributed by atoms with Crippen molar-refractivity contribution in [2.45, 2.75) is 32.7 Å². The summed E-state index contributed by atoms with van der Waals surface area (Å²) < 4.78 is 34.9. The lowest BCUT2D eigenvalue weighted by Gasteiger charge is -2.21. The second-order valence-corrected chi connectivity index (χ2v) is 15.6. The fourth-order valence-electron chi connectivity index (χ4n) is 8.84. The Morgan fingerprint density at radius 3 is 1.76 bits per heavy atom. The van der Waals surface area contributed by atoms with E-state index in [1.165, 1.54) is 20.9 Å². The molecule has 8 heterocycles. The van der Waals surface area contributed by atoms with E-state index in [4.69, 9.17) is 0 Å². The van der Waals surface area contributed by atoms with Crippen molar-refractivity contribution in [1.29, 1.82) is 0 Å². The molecular weight excluding hydrogens is 795 g/mol. The average molecular weight is 835 g/mol. The Kier molecular flexibility index (Phi) is 9.50. The Balaban J connectivity index is 0.983. The Morgan fingerprint density at radius 1 is 0.742 bits per heavy atom. The van der Waals surface area contributed by atoms with Crippen molar-refractivity contribution in [3.8, 4) is 11.4 Å². The Hall–Kier alpha value is -7.47. The molecule has 8 aromatic rings. The van der Waals surface area contributed by atoms with Gasteiger partial charge in [0.25, 0.3) is 11.8 Å². The van der Waals surface area contributed by atoms with E-state index in [9.17, 15) is 9.59 Å². The van der Waals surface area contributed by atoms with Crippen LogP contribution >= 0.6 is 0 Å². The number of nitrogens with one attached hydrogen (secondary N) is 3. The number of likely N-dealkylation sites (N-methyl/N-ethyl adjacent to an activating group) is 1. The van der Waals surface area contributed by atoms with Gasteiger partial charge in [-0.1, -0.05) is 0 Å². The summed E-state index contributed by atoms with van der Waals surface area (Å²) in [5, 5.41) is 27.3. The zero-order chi connectivity index (χ0) is 42.8. The van der Waals surface area contributed by atoms with Crippen LogP contribution in [-0.2, 0) is 0 Å². The molecule has 10 rings (SSSR count). The molecule has 1 atom stereocenters. The van der Waals surface area contributed by atoms with Gasteiger partial charge in [-0.15, -0.1) is 10.2 Å². The molecule has 6 aromatic heterocycles. The maximum absolute atomic E-state index is 16.0.